The van der Waals surface area contributed by atoms with E-state index in [9.17, 15) is 4.79 Å². The van der Waals surface area contributed by atoms with Crippen LogP contribution in [0.3, 0.4) is 0 Å². The molecule has 23 heavy (non-hydrogen) atoms. The molecule has 0 radical (unpaired) electrons. The summed E-state index contributed by atoms with van der Waals surface area (Å²) in [5.74, 6) is 1.56. The minimum atomic E-state index is -0.426. The molecule has 1 aromatic carbocycles. The van der Waals surface area contributed by atoms with Gasteiger partial charge in [0.1, 0.15) is 17.5 Å². The van der Waals surface area contributed by atoms with Gasteiger partial charge in [-0.05, 0) is 63.6 Å². The van der Waals surface area contributed by atoms with Gasteiger partial charge >= 0.3 is 6.09 Å². The van der Waals surface area contributed by atoms with E-state index in [0.717, 1.165) is 38.1 Å². The van der Waals surface area contributed by atoms with Crippen molar-refractivity contribution in [3.8, 4) is 5.75 Å². The maximum absolute atomic E-state index is 12.1. The van der Waals surface area contributed by atoms with E-state index in [1.807, 2.05) is 25.7 Å². The number of nitrogens with zero attached hydrogens (tertiary/aromatic N) is 1. The third-order valence-electron chi connectivity index (χ3n) is 4.54. The van der Waals surface area contributed by atoms with Crippen LogP contribution in [0.1, 0.15) is 57.6 Å². The zero-order chi connectivity index (χ0) is 16.6. The number of likely N-dealkylation sites (tertiary alicyclic amines) is 1. The maximum Gasteiger partial charge on any atom is 0.410 e. The molecule has 0 spiro atoms. The van der Waals surface area contributed by atoms with Gasteiger partial charge in [0.05, 0.1) is 0 Å². The molecule has 1 fully saturated rings. The SMILES string of the molecule is CC1Cc2cc(C3CCN(C(=O)OC(C)(C)C)CC3)ccc2O1. The lowest BCUT2D eigenvalue weighted by Crippen LogP contribution is -2.41. The van der Waals surface area contributed by atoms with Gasteiger partial charge in [-0.1, -0.05) is 12.1 Å². The van der Waals surface area contributed by atoms with Gasteiger partial charge in [0.25, 0.3) is 0 Å². The molecular formula is C19H27NO3. The number of hydrogen-bond donors (Lipinski definition) is 0. The van der Waals surface area contributed by atoms with Crippen molar-refractivity contribution >= 4 is 6.09 Å². The molecule has 1 amide bonds. The summed E-state index contributed by atoms with van der Waals surface area (Å²) in [4.78, 5) is 14.0. The van der Waals surface area contributed by atoms with E-state index in [4.69, 9.17) is 9.47 Å². The van der Waals surface area contributed by atoms with Crippen molar-refractivity contribution in [2.24, 2.45) is 0 Å². The number of carbonyl (C=O) groups is 1. The molecule has 1 saturated heterocycles. The van der Waals surface area contributed by atoms with Crippen molar-refractivity contribution < 1.29 is 14.3 Å². The van der Waals surface area contributed by atoms with Crippen LogP contribution in [0.25, 0.3) is 0 Å². The third-order valence-corrected chi connectivity index (χ3v) is 4.54. The molecule has 2 aliphatic heterocycles. The molecule has 4 heteroatoms. The van der Waals surface area contributed by atoms with Crippen molar-refractivity contribution in [1.82, 2.24) is 4.90 Å². The summed E-state index contributed by atoms with van der Waals surface area (Å²) in [6.07, 6.45) is 3.09. The summed E-state index contributed by atoms with van der Waals surface area (Å²) in [5, 5.41) is 0. The second kappa shape index (κ2) is 6.06. The van der Waals surface area contributed by atoms with Crippen LogP contribution in [0.15, 0.2) is 18.2 Å². The molecular weight excluding hydrogens is 290 g/mol. The van der Waals surface area contributed by atoms with E-state index in [1.54, 1.807) is 0 Å². The van der Waals surface area contributed by atoms with Gasteiger partial charge in [0.2, 0.25) is 0 Å². The summed E-state index contributed by atoms with van der Waals surface area (Å²) in [7, 11) is 0. The molecule has 2 aliphatic rings. The van der Waals surface area contributed by atoms with E-state index in [-0.39, 0.29) is 12.2 Å². The van der Waals surface area contributed by atoms with Crippen molar-refractivity contribution in [3.63, 3.8) is 0 Å². The maximum atomic E-state index is 12.1. The first kappa shape index (κ1) is 16.2. The summed E-state index contributed by atoms with van der Waals surface area (Å²) in [5.41, 5.74) is 2.28. The number of amides is 1. The Morgan fingerprint density at radius 1 is 1.26 bits per heavy atom. The predicted molar refractivity (Wildman–Crippen MR) is 90.0 cm³/mol. The Bertz CT molecular complexity index is 583. The van der Waals surface area contributed by atoms with Gasteiger partial charge in [-0.2, -0.15) is 0 Å². The van der Waals surface area contributed by atoms with E-state index in [2.05, 4.69) is 25.1 Å². The first-order valence-electron chi connectivity index (χ1n) is 8.59. The van der Waals surface area contributed by atoms with Crippen molar-refractivity contribution in [2.75, 3.05) is 13.1 Å². The number of benzene rings is 1. The zero-order valence-corrected chi connectivity index (χ0v) is 14.6. The molecule has 0 bridgehead atoms. The monoisotopic (exact) mass is 317 g/mol. The molecule has 0 aliphatic carbocycles. The van der Waals surface area contributed by atoms with Crippen LogP contribution in [0.5, 0.6) is 5.75 Å². The number of rotatable bonds is 1. The van der Waals surface area contributed by atoms with Gasteiger partial charge in [0, 0.05) is 19.5 Å². The Morgan fingerprint density at radius 2 is 1.96 bits per heavy atom. The van der Waals surface area contributed by atoms with Crippen LogP contribution in [-0.2, 0) is 11.2 Å². The fourth-order valence-electron chi connectivity index (χ4n) is 3.42. The van der Waals surface area contributed by atoms with Crippen molar-refractivity contribution in [3.05, 3.63) is 29.3 Å². The van der Waals surface area contributed by atoms with Crippen LogP contribution in [-0.4, -0.2) is 35.8 Å². The first-order valence-corrected chi connectivity index (χ1v) is 8.59. The van der Waals surface area contributed by atoms with Crippen LogP contribution < -0.4 is 4.74 Å². The summed E-state index contributed by atoms with van der Waals surface area (Å²) in [6, 6.07) is 6.59. The first-order chi connectivity index (χ1) is 10.8. The molecule has 0 aromatic heterocycles. The lowest BCUT2D eigenvalue weighted by atomic mass is 9.88. The standard InChI is InChI=1S/C19H27NO3/c1-13-11-16-12-15(5-6-17(16)22-13)14-7-9-20(10-8-14)18(21)23-19(2,3)4/h5-6,12-14H,7-11H2,1-4H3. The second-order valence-electron chi connectivity index (χ2n) is 7.74. The highest BCUT2D eigenvalue weighted by molar-refractivity contribution is 5.68. The highest BCUT2D eigenvalue weighted by Crippen LogP contribution is 2.35. The van der Waals surface area contributed by atoms with Gasteiger partial charge in [0.15, 0.2) is 0 Å². The molecule has 1 aromatic rings. The average molecular weight is 317 g/mol. The number of carbonyl (C=O) groups excluding carboxylic acids is 1. The summed E-state index contributed by atoms with van der Waals surface area (Å²) in [6.45, 7) is 9.37. The van der Waals surface area contributed by atoms with E-state index >= 15 is 0 Å². The lowest BCUT2D eigenvalue weighted by Gasteiger charge is -2.33. The largest absolute Gasteiger partial charge is 0.490 e. The fourth-order valence-corrected chi connectivity index (χ4v) is 3.42. The molecule has 0 saturated carbocycles. The van der Waals surface area contributed by atoms with Crippen molar-refractivity contribution in [2.45, 2.75) is 64.6 Å². The number of fused-ring (bicyclic) bond motifs is 1. The molecule has 126 valence electrons. The molecule has 1 atom stereocenters. The molecule has 0 N–H and O–H groups in total. The highest BCUT2D eigenvalue weighted by Gasteiger charge is 2.28. The van der Waals surface area contributed by atoms with Gasteiger partial charge in [-0.15, -0.1) is 0 Å². The van der Waals surface area contributed by atoms with Crippen LogP contribution in [0.4, 0.5) is 4.79 Å². The van der Waals surface area contributed by atoms with Gasteiger partial charge < -0.3 is 14.4 Å². The molecule has 3 rings (SSSR count). The van der Waals surface area contributed by atoms with E-state index in [0.29, 0.717) is 5.92 Å². The second-order valence-corrected chi connectivity index (χ2v) is 7.74. The highest BCUT2D eigenvalue weighted by atomic mass is 16.6. The normalized spacial score (nSPS) is 21.7. The third kappa shape index (κ3) is 3.80. The number of ether oxygens (including phenoxy) is 2. The van der Waals surface area contributed by atoms with Crippen LogP contribution >= 0.6 is 0 Å². The zero-order valence-electron chi connectivity index (χ0n) is 14.6. The van der Waals surface area contributed by atoms with Crippen LogP contribution in [0, 0.1) is 0 Å². The van der Waals surface area contributed by atoms with E-state index < -0.39 is 5.60 Å². The van der Waals surface area contributed by atoms with Gasteiger partial charge in [-0.25, -0.2) is 4.79 Å². The Balaban J connectivity index is 1.59. The lowest BCUT2D eigenvalue weighted by molar-refractivity contribution is 0.0205. The summed E-state index contributed by atoms with van der Waals surface area (Å²) < 4.78 is 11.2. The van der Waals surface area contributed by atoms with E-state index in [1.165, 1.54) is 11.1 Å². The molecule has 2 heterocycles. The smallest absolute Gasteiger partial charge is 0.410 e. The number of hydrogen-bond acceptors (Lipinski definition) is 3. The molecule has 1 unspecified atom stereocenters. The topological polar surface area (TPSA) is 38.8 Å². The number of piperidine rings is 1. The predicted octanol–water partition coefficient (Wildman–Crippen LogP) is 4.12. The quantitative estimate of drug-likeness (QED) is 0.782. The van der Waals surface area contributed by atoms with Crippen molar-refractivity contribution in [1.29, 1.82) is 0 Å². The average Bonchev–Trinajstić information content (AvgIpc) is 2.84. The Kier molecular flexibility index (Phi) is 4.26. The Morgan fingerprint density at radius 3 is 2.61 bits per heavy atom. The minimum Gasteiger partial charge on any atom is -0.490 e. The Labute approximate surface area is 138 Å². The Hall–Kier alpha value is -1.71. The summed E-state index contributed by atoms with van der Waals surface area (Å²) >= 11 is 0. The fraction of sp³-hybridized carbons (Fsp3) is 0.632. The molecule has 4 nitrogen and oxygen atoms in total. The van der Waals surface area contributed by atoms with Crippen LogP contribution in [0.2, 0.25) is 0 Å². The van der Waals surface area contributed by atoms with Gasteiger partial charge in [-0.3, -0.25) is 0 Å². The minimum absolute atomic E-state index is 0.188.